The van der Waals surface area contributed by atoms with Crippen LogP contribution in [0.5, 0.6) is 5.75 Å². The topological polar surface area (TPSA) is 70.6 Å². The first-order chi connectivity index (χ1) is 7.81. The molecular formula is C11H14N2O3. The van der Waals surface area contributed by atoms with Gasteiger partial charge in [-0.2, -0.15) is 0 Å². The van der Waals surface area contributed by atoms with Gasteiger partial charge in [0, 0.05) is 17.7 Å². The number of hydrogen-bond donors (Lipinski definition) is 3. The molecule has 86 valence electrons. The van der Waals surface area contributed by atoms with Gasteiger partial charge in [-0.1, -0.05) is 6.07 Å². The molecule has 3 N–H and O–H groups in total. The van der Waals surface area contributed by atoms with E-state index in [4.69, 9.17) is 9.94 Å². The lowest BCUT2D eigenvalue weighted by Crippen LogP contribution is -2.22. The monoisotopic (exact) mass is 222 g/mol. The summed E-state index contributed by atoms with van der Waals surface area (Å²) < 4.78 is 5.56. The van der Waals surface area contributed by atoms with E-state index < -0.39 is 5.91 Å². The van der Waals surface area contributed by atoms with Crippen LogP contribution in [0, 0.1) is 0 Å². The molecule has 0 aliphatic carbocycles. The molecule has 1 heterocycles. The van der Waals surface area contributed by atoms with Gasteiger partial charge in [0.15, 0.2) is 0 Å². The lowest BCUT2D eigenvalue weighted by Gasteiger charge is -2.16. The molecule has 0 saturated heterocycles. The van der Waals surface area contributed by atoms with Gasteiger partial charge in [-0.05, 0) is 25.1 Å². The first-order valence-electron chi connectivity index (χ1n) is 5.22. The quantitative estimate of drug-likeness (QED) is 0.482. The number of benzene rings is 1. The molecule has 5 heteroatoms. The fraction of sp³-hybridized carbons (Fsp3) is 0.364. The summed E-state index contributed by atoms with van der Waals surface area (Å²) in [6.45, 7) is 2.29. The second kappa shape index (κ2) is 4.96. The van der Waals surface area contributed by atoms with Crippen LogP contribution in [0.15, 0.2) is 18.2 Å². The Morgan fingerprint density at radius 3 is 3.19 bits per heavy atom. The van der Waals surface area contributed by atoms with E-state index in [2.05, 4.69) is 5.32 Å². The van der Waals surface area contributed by atoms with Gasteiger partial charge < -0.3 is 10.1 Å². The molecule has 1 aromatic rings. The highest BCUT2D eigenvalue weighted by Gasteiger charge is 2.11. The van der Waals surface area contributed by atoms with Crippen molar-refractivity contribution in [1.82, 2.24) is 10.8 Å². The number of fused-ring (bicyclic) bond motifs is 1. The molecule has 1 amide bonds. The zero-order valence-electron chi connectivity index (χ0n) is 8.82. The van der Waals surface area contributed by atoms with Crippen molar-refractivity contribution in [3.8, 4) is 5.75 Å². The Morgan fingerprint density at radius 2 is 2.38 bits per heavy atom. The van der Waals surface area contributed by atoms with Gasteiger partial charge in [0.1, 0.15) is 5.75 Å². The first-order valence-corrected chi connectivity index (χ1v) is 5.22. The van der Waals surface area contributed by atoms with Crippen molar-refractivity contribution >= 4 is 5.91 Å². The number of hydroxylamine groups is 1. The van der Waals surface area contributed by atoms with Crippen molar-refractivity contribution in [2.24, 2.45) is 0 Å². The smallest absolute Gasteiger partial charge is 0.274 e. The van der Waals surface area contributed by atoms with Crippen molar-refractivity contribution < 1.29 is 14.7 Å². The van der Waals surface area contributed by atoms with Crippen LogP contribution in [-0.2, 0) is 6.54 Å². The number of carbonyl (C=O) groups is 1. The van der Waals surface area contributed by atoms with Crippen LogP contribution >= 0.6 is 0 Å². The van der Waals surface area contributed by atoms with Gasteiger partial charge in [-0.15, -0.1) is 0 Å². The molecule has 0 spiro atoms. The number of nitrogens with one attached hydrogen (secondary N) is 2. The van der Waals surface area contributed by atoms with E-state index in [9.17, 15) is 4.79 Å². The zero-order chi connectivity index (χ0) is 11.4. The molecule has 0 saturated carbocycles. The maximum absolute atomic E-state index is 11.2. The molecule has 1 aliphatic heterocycles. The Labute approximate surface area is 93.4 Å². The molecule has 1 aliphatic rings. The minimum absolute atomic E-state index is 0.391. The Balaban J connectivity index is 2.28. The van der Waals surface area contributed by atoms with Gasteiger partial charge in [-0.25, -0.2) is 5.48 Å². The Bertz CT molecular complexity index is 393. The largest absolute Gasteiger partial charge is 0.493 e. The predicted octanol–water partition coefficient (Wildman–Crippen LogP) is 0.678. The lowest BCUT2D eigenvalue weighted by molar-refractivity contribution is 0.0706. The maximum Gasteiger partial charge on any atom is 0.274 e. The second-order valence-corrected chi connectivity index (χ2v) is 3.64. The molecule has 1 aromatic carbocycles. The lowest BCUT2D eigenvalue weighted by atomic mass is 10.1. The molecule has 0 bridgehead atoms. The van der Waals surface area contributed by atoms with E-state index in [1.807, 2.05) is 6.07 Å². The van der Waals surface area contributed by atoms with Crippen molar-refractivity contribution in [1.29, 1.82) is 0 Å². The molecule has 0 radical (unpaired) electrons. The molecule has 0 atom stereocenters. The number of amides is 1. The third-order valence-electron chi connectivity index (χ3n) is 2.50. The van der Waals surface area contributed by atoms with E-state index in [1.54, 1.807) is 17.6 Å². The molecule has 0 aromatic heterocycles. The minimum atomic E-state index is -0.526. The average Bonchev–Trinajstić information content (AvgIpc) is 2.28. The summed E-state index contributed by atoms with van der Waals surface area (Å²) >= 11 is 0. The van der Waals surface area contributed by atoms with E-state index in [0.29, 0.717) is 17.9 Å². The van der Waals surface area contributed by atoms with Crippen molar-refractivity contribution in [3.05, 3.63) is 29.3 Å². The standard InChI is InChI=1S/C11H14N2O3/c14-11(13-15)8-2-3-9-7-12-4-1-5-16-10(9)6-8/h2-3,6,12,15H,1,4-5,7H2,(H,13,14). The summed E-state index contributed by atoms with van der Waals surface area (Å²) in [6.07, 6.45) is 0.940. The Hall–Kier alpha value is -1.59. The third-order valence-corrected chi connectivity index (χ3v) is 2.50. The first kappa shape index (κ1) is 10.9. The molecule has 0 fully saturated rings. The number of hydrogen-bond acceptors (Lipinski definition) is 4. The summed E-state index contributed by atoms with van der Waals surface area (Å²) in [5.74, 6) is 0.176. The summed E-state index contributed by atoms with van der Waals surface area (Å²) in [5, 5.41) is 11.8. The second-order valence-electron chi connectivity index (χ2n) is 3.64. The van der Waals surface area contributed by atoms with Crippen LogP contribution in [0.25, 0.3) is 0 Å². The van der Waals surface area contributed by atoms with Gasteiger partial charge in [-0.3, -0.25) is 10.0 Å². The van der Waals surface area contributed by atoms with Crippen molar-refractivity contribution in [2.75, 3.05) is 13.2 Å². The van der Waals surface area contributed by atoms with Crippen LogP contribution in [0.4, 0.5) is 0 Å². The maximum atomic E-state index is 11.2. The summed E-state index contributed by atoms with van der Waals surface area (Å²) in [5.41, 5.74) is 3.02. The number of ether oxygens (including phenoxy) is 1. The molecule has 16 heavy (non-hydrogen) atoms. The highest BCUT2D eigenvalue weighted by atomic mass is 16.5. The van der Waals surface area contributed by atoms with Crippen LogP contribution in [-0.4, -0.2) is 24.3 Å². The van der Waals surface area contributed by atoms with Crippen LogP contribution < -0.4 is 15.5 Å². The number of rotatable bonds is 1. The Morgan fingerprint density at radius 1 is 1.50 bits per heavy atom. The Kier molecular flexibility index (Phi) is 3.38. The SMILES string of the molecule is O=C(NO)c1ccc2c(c1)OCCCNC2. The van der Waals surface area contributed by atoms with Gasteiger partial charge >= 0.3 is 0 Å². The molecular weight excluding hydrogens is 208 g/mol. The van der Waals surface area contributed by atoms with E-state index >= 15 is 0 Å². The molecule has 5 nitrogen and oxygen atoms in total. The van der Waals surface area contributed by atoms with E-state index in [1.165, 1.54) is 0 Å². The predicted molar refractivity (Wildman–Crippen MR) is 57.5 cm³/mol. The number of carbonyl (C=O) groups excluding carboxylic acids is 1. The van der Waals surface area contributed by atoms with E-state index in [-0.39, 0.29) is 0 Å². The van der Waals surface area contributed by atoms with Crippen LogP contribution in [0.1, 0.15) is 22.3 Å². The zero-order valence-corrected chi connectivity index (χ0v) is 8.82. The van der Waals surface area contributed by atoms with Gasteiger partial charge in [0.25, 0.3) is 5.91 Å². The molecule has 2 rings (SSSR count). The van der Waals surface area contributed by atoms with Crippen molar-refractivity contribution in [3.63, 3.8) is 0 Å². The highest BCUT2D eigenvalue weighted by molar-refractivity contribution is 5.93. The summed E-state index contributed by atoms with van der Waals surface area (Å²) in [7, 11) is 0. The highest BCUT2D eigenvalue weighted by Crippen LogP contribution is 2.21. The van der Waals surface area contributed by atoms with Gasteiger partial charge in [0.2, 0.25) is 0 Å². The van der Waals surface area contributed by atoms with Crippen LogP contribution in [0.3, 0.4) is 0 Å². The summed E-state index contributed by atoms with van der Waals surface area (Å²) in [4.78, 5) is 11.2. The molecule has 0 unspecified atom stereocenters. The van der Waals surface area contributed by atoms with Gasteiger partial charge in [0.05, 0.1) is 6.61 Å². The fourth-order valence-corrected chi connectivity index (χ4v) is 1.64. The van der Waals surface area contributed by atoms with E-state index in [0.717, 1.165) is 25.1 Å². The fourth-order valence-electron chi connectivity index (χ4n) is 1.64. The summed E-state index contributed by atoms with van der Waals surface area (Å²) in [6, 6.07) is 5.14. The normalized spacial score (nSPS) is 15.3. The van der Waals surface area contributed by atoms with Crippen LogP contribution in [0.2, 0.25) is 0 Å². The minimum Gasteiger partial charge on any atom is -0.493 e. The third kappa shape index (κ3) is 2.32. The van der Waals surface area contributed by atoms with Crippen molar-refractivity contribution in [2.45, 2.75) is 13.0 Å². The average molecular weight is 222 g/mol.